The third-order valence-corrected chi connectivity index (χ3v) is 4.17. The van der Waals surface area contributed by atoms with E-state index in [2.05, 4.69) is 15.5 Å². The molecule has 3 rings (SSSR count). The fourth-order valence-electron chi connectivity index (χ4n) is 3.07. The number of hydrogen-bond donors (Lipinski definition) is 2. The molecular formula is C14H22N4O2. The Hall–Kier alpha value is -1.56. The molecule has 1 aromatic heterocycles. The summed E-state index contributed by atoms with van der Waals surface area (Å²) < 4.78 is 5.54. The Bertz CT molecular complexity index is 428. The SMILES string of the molecule is O=C(NC[C@H]1CCCO1)N1CCCC[C@@H]1c1cn[nH]c1. The number of piperidine rings is 1. The lowest BCUT2D eigenvalue weighted by atomic mass is 9.98. The van der Waals surface area contributed by atoms with Gasteiger partial charge < -0.3 is 15.0 Å². The van der Waals surface area contributed by atoms with Crippen LogP contribution in [0.15, 0.2) is 12.4 Å². The number of H-pyrrole nitrogens is 1. The summed E-state index contributed by atoms with van der Waals surface area (Å²) >= 11 is 0. The number of nitrogens with one attached hydrogen (secondary N) is 2. The molecule has 0 spiro atoms. The van der Waals surface area contributed by atoms with Gasteiger partial charge in [0.2, 0.25) is 0 Å². The van der Waals surface area contributed by atoms with Crippen LogP contribution in [0.5, 0.6) is 0 Å². The maximum Gasteiger partial charge on any atom is 0.318 e. The summed E-state index contributed by atoms with van der Waals surface area (Å²) in [5.74, 6) is 0. The van der Waals surface area contributed by atoms with Crippen LogP contribution in [0.4, 0.5) is 4.79 Å². The summed E-state index contributed by atoms with van der Waals surface area (Å²) in [6.45, 7) is 2.25. The molecule has 110 valence electrons. The first-order valence-electron chi connectivity index (χ1n) is 7.49. The second-order valence-electron chi connectivity index (χ2n) is 5.56. The molecule has 0 saturated carbocycles. The van der Waals surface area contributed by atoms with Gasteiger partial charge in [0.1, 0.15) is 0 Å². The third-order valence-electron chi connectivity index (χ3n) is 4.17. The number of urea groups is 1. The predicted molar refractivity (Wildman–Crippen MR) is 74.3 cm³/mol. The topological polar surface area (TPSA) is 70.2 Å². The van der Waals surface area contributed by atoms with Crippen LogP contribution in [0.2, 0.25) is 0 Å². The Labute approximate surface area is 118 Å². The number of hydrogen-bond acceptors (Lipinski definition) is 3. The number of carbonyl (C=O) groups excluding carboxylic acids is 1. The summed E-state index contributed by atoms with van der Waals surface area (Å²) in [6.07, 6.45) is 9.27. The maximum absolute atomic E-state index is 12.4. The van der Waals surface area contributed by atoms with Crippen molar-refractivity contribution in [1.29, 1.82) is 0 Å². The van der Waals surface area contributed by atoms with Gasteiger partial charge in [-0.25, -0.2) is 4.79 Å². The van der Waals surface area contributed by atoms with Crippen molar-refractivity contribution in [3.63, 3.8) is 0 Å². The van der Waals surface area contributed by atoms with Crippen molar-refractivity contribution >= 4 is 6.03 Å². The van der Waals surface area contributed by atoms with E-state index in [-0.39, 0.29) is 18.2 Å². The molecule has 2 fully saturated rings. The number of aromatic amines is 1. The molecule has 0 bridgehead atoms. The zero-order valence-electron chi connectivity index (χ0n) is 11.7. The first-order valence-corrected chi connectivity index (χ1v) is 7.49. The van der Waals surface area contributed by atoms with Crippen molar-refractivity contribution < 1.29 is 9.53 Å². The number of nitrogens with zero attached hydrogens (tertiary/aromatic N) is 2. The van der Waals surface area contributed by atoms with E-state index >= 15 is 0 Å². The van der Waals surface area contributed by atoms with Crippen LogP contribution < -0.4 is 5.32 Å². The molecule has 20 heavy (non-hydrogen) atoms. The second kappa shape index (κ2) is 6.26. The molecule has 2 saturated heterocycles. The van der Waals surface area contributed by atoms with Gasteiger partial charge in [-0.2, -0.15) is 5.10 Å². The first kappa shape index (κ1) is 13.4. The van der Waals surface area contributed by atoms with Crippen molar-refractivity contribution in [2.45, 2.75) is 44.2 Å². The van der Waals surface area contributed by atoms with Crippen molar-refractivity contribution in [2.24, 2.45) is 0 Å². The number of amides is 2. The van der Waals surface area contributed by atoms with E-state index in [9.17, 15) is 4.79 Å². The molecule has 2 aliphatic heterocycles. The predicted octanol–water partition coefficient (Wildman–Crippen LogP) is 1.83. The summed E-state index contributed by atoms with van der Waals surface area (Å²) in [5, 5.41) is 9.85. The lowest BCUT2D eigenvalue weighted by molar-refractivity contribution is 0.104. The van der Waals surface area contributed by atoms with Crippen molar-refractivity contribution in [3.05, 3.63) is 18.0 Å². The van der Waals surface area contributed by atoms with Crippen LogP contribution in [-0.4, -0.2) is 46.9 Å². The van der Waals surface area contributed by atoms with Gasteiger partial charge in [0, 0.05) is 31.5 Å². The Balaban J connectivity index is 1.59. The number of likely N-dealkylation sites (tertiary alicyclic amines) is 1. The highest BCUT2D eigenvalue weighted by atomic mass is 16.5. The highest BCUT2D eigenvalue weighted by Gasteiger charge is 2.29. The molecule has 2 atom stereocenters. The van der Waals surface area contributed by atoms with Crippen LogP contribution >= 0.6 is 0 Å². The smallest absolute Gasteiger partial charge is 0.318 e. The quantitative estimate of drug-likeness (QED) is 0.886. The van der Waals surface area contributed by atoms with Gasteiger partial charge in [-0.1, -0.05) is 0 Å². The van der Waals surface area contributed by atoms with E-state index in [1.807, 2.05) is 17.3 Å². The molecule has 2 N–H and O–H groups in total. The van der Waals surface area contributed by atoms with Crippen LogP contribution in [0.3, 0.4) is 0 Å². The van der Waals surface area contributed by atoms with Gasteiger partial charge in [-0.15, -0.1) is 0 Å². The van der Waals surface area contributed by atoms with Crippen molar-refractivity contribution in [2.75, 3.05) is 19.7 Å². The number of rotatable bonds is 3. The van der Waals surface area contributed by atoms with Crippen molar-refractivity contribution in [3.8, 4) is 0 Å². The highest BCUT2D eigenvalue weighted by molar-refractivity contribution is 5.74. The average molecular weight is 278 g/mol. The Morgan fingerprint density at radius 3 is 3.15 bits per heavy atom. The largest absolute Gasteiger partial charge is 0.376 e. The van der Waals surface area contributed by atoms with Gasteiger partial charge in [-0.05, 0) is 32.1 Å². The maximum atomic E-state index is 12.4. The molecule has 0 aromatic carbocycles. The standard InChI is InChI=1S/C14H22N4O2/c19-14(15-10-12-4-3-7-20-12)18-6-2-1-5-13(18)11-8-16-17-9-11/h8-9,12-13H,1-7,10H2,(H,15,19)(H,16,17)/t12-,13-/m1/s1. The van der Waals surface area contributed by atoms with Gasteiger partial charge in [0.15, 0.2) is 0 Å². The zero-order valence-corrected chi connectivity index (χ0v) is 11.7. The van der Waals surface area contributed by atoms with E-state index in [0.29, 0.717) is 6.54 Å². The summed E-state index contributed by atoms with van der Waals surface area (Å²) in [7, 11) is 0. The minimum absolute atomic E-state index is 0.0198. The van der Waals surface area contributed by atoms with E-state index in [0.717, 1.165) is 50.8 Å². The molecular weight excluding hydrogens is 256 g/mol. The molecule has 6 nitrogen and oxygen atoms in total. The number of aromatic nitrogens is 2. The summed E-state index contributed by atoms with van der Waals surface area (Å²) in [5.41, 5.74) is 1.09. The summed E-state index contributed by atoms with van der Waals surface area (Å²) in [6, 6.07) is 0.165. The molecule has 0 unspecified atom stereocenters. The van der Waals surface area contributed by atoms with Gasteiger partial charge in [-0.3, -0.25) is 5.10 Å². The van der Waals surface area contributed by atoms with Gasteiger partial charge >= 0.3 is 6.03 Å². The van der Waals surface area contributed by atoms with Crippen LogP contribution in [0.1, 0.15) is 43.7 Å². The van der Waals surface area contributed by atoms with E-state index < -0.39 is 0 Å². The second-order valence-corrected chi connectivity index (χ2v) is 5.56. The fourth-order valence-corrected chi connectivity index (χ4v) is 3.07. The van der Waals surface area contributed by atoms with Gasteiger partial charge in [0.05, 0.1) is 18.3 Å². The van der Waals surface area contributed by atoms with Crippen molar-refractivity contribution in [1.82, 2.24) is 20.4 Å². The number of carbonyl (C=O) groups is 1. The Morgan fingerprint density at radius 1 is 1.45 bits per heavy atom. The van der Waals surface area contributed by atoms with Gasteiger partial charge in [0.25, 0.3) is 0 Å². The molecule has 2 amide bonds. The average Bonchev–Trinajstić information content (AvgIpc) is 3.18. The lowest BCUT2D eigenvalue weighted by Crippen LogP contribution is -2.46. The van der Waals surface area contributed by atoms with Crippen LogP contribution in [0.25, 0.3) is 0 Å². The normalized spacial score (nSPS) is 26.7. The Morgan fingerprint density at radius 2 is 2.40 bits per heavy atom. The Kier molecular flexibility index (Phi) is 4.20. The van der Waals surface area contributed by atoms with Crippen LogP contribution in [0, 0.1) is 0 Å². The number of ether oxygens (including phenoxy) is 1. The lowest BCUT2D eigenvalue weighted by Gasteiger charge is -2.35. The molecule has 0 aliphatic carbocycles. The summed E-state index contributed by atoms with van der Waals surface area (Å²) in [4.78, 5) is 14.3. The molecule has 0 radical (unpaired) electrons. The zero-order chi connectivity index (χ0) is 13.8. The molecule has 6 heteroatoms. The molecule has 1 aromatic rings. The van der Waals surface area contributed by atoms with E-state index in [4.69, 9.17) is 4.74 Å². The van der Waals surface area contributed by atoms with Crippen LogP contribution in [-0.2, 0) is 4.74 Å². The molecule has 2 aliphatic rings. The minimum atomic E-state index is 0.0198. The monoisotopic (exact) mass is 278 g/mol. The fraction of sp³-hybridized carbons (Fsp3) is 0.714. The van der Waals surface area contributed by atoms with E-state index in [1.54, 1.807) is 0 Å². The third kappa shape index (κ3) is 2.95. The molecule has 3 heterocycles. The first-order chi connectivity index (χ1) is 9.84. The minimum Gasteiger partial charge on any atom is -0.376 e. The van der Waals surface area contributed by atoms with E-state index in [1.165, 1.54) is 0 Å². The highest BCUT2D eigenvalue weighted by Crippen LogP contribution is 2.30.